The molecule has 2 heterocycles. The minimum atomic E-state index is -0.369. The molecule has 6 nitrogen and oxygen atoms in total. The number of hydrazine groups is 1. The monoisotopic (exact) mass is 223 g/mol. The van der Waals surface area contributed by atoms with Gasteiger partial charge in [-0.15, -0.1) is 11.3 Å². The molecule has 0 aromatic carbocycles. The summed E-state index contributed by atoms with van der Waals surface area (Å²) < 4.78 is 1.74. The molecule has 0 bridgehead atoms. The standard InChI is InChI=1S/C8H9N5OS/c9-12-7(14)8-11-6(5-15-8)4-13-3-1-2-10-13/h1-3,5H,4,9H2,(H,12,14). The van der Waals surface area contributed by atoms with Gasteiger partial charge in [0, 0.05) is 17.8 Å². The number of nitrogen functional groups attached to an aromatic ring is 1. The summed E-state index contributed by atoms with van der Waals surface area (Å²) in [6.45, 7) is 0.557. The van der Waals surface area contributed by atoms with E-state index in [2.05, 4.69) is 10.1 Å². The van der Waals surface area contributed by atoms with E-state index in [-0.39, 0.29) is 5.91 Å². The minimum absolute atomic E-state index is 0.361. The Morgan fingerprint density at radius 1 is 1.67 bits per heavy atom. The molecule has 0 atom stereocenters. The fourth-order valence-corrected chi connectivity index (χ4v) is 1.82. The topological polar surface area (TPSA) is 85.8 Å². The van der Waals surface area contributed by atoms with Crippen LogP contribution in [0.5, 0.6) is 0 Å². The number of aromatic nitrogens is 3. The molecule has 2 aromatic rings. The zero-order chi connectivity index (χ0) is 10.7. The van der Waals surface area contributed by atoms with Crippen molar-refractivity contribution in [1.82, 2.24) is 20.2 Å². The largest absolute Gasteiger partial charge is 0.294 e. The Balaban J connectivity index is 2.11. The third-order valence-electron chi connectivity index (χ3n) is 1.76. The van der Waals surface area contributed by atoms with Crippen LogP contribution in [0, 0.1) is 0 Å². The van der Waals surface area contributed by atoms with E-state index in [9.17, 15) is 4.79 Å². The van der Waals surface area contributed by atoms with E-state index in [1.165, 1.54) is 11.3 Å². The van der Waals surface area contributed by atoms with Gasteiger partial charge in [0.1, 0.15) is 0 Å². The van der Waals surface area contributed by atoms with Gasteiger partial charge in [0.2, 0.25) is 0 Å². The Labute approximate surface area is 89.7 Å². The molecule has 0 aliphatic rings. The van der Waals surface area contributed by atoms with Crippen molar-refractivity contribution in [3.8, 4) is 0 Å². The van der Waals surface area contributed by atoms with Crippen LogP contribution in [0.2, 0.25) is 0 Å². The van der Waals surface area contributed by atoms with Gasteiger partial charge in [0.25, 0.3) is 5.91 Å². The lowest BCUT2D eigenvalue weighted by Crippen LogP contribution is -2.29. The van der Waals surface area contributed by atoms with Gasteiger partial charge < -0.3 is 0 Å². The van der Waals surface area contributed by atoms with E-state index in [1.807, 2.05) is 23.1 Å². The summed E-state index contributed by atoms with van der Waals surface area (Å²) in [5, 5.41) is 6.21. The molecule has 0 aliphatic heterocycles. The second-order valence-electron chi connectivity index (χ2n) is 2.82. The fourth-order valence-electron chi connectivity index (χ4n) is 1.11. The Bertz CT molecular complexity index is 449. The van der Waals surface area contributed by atoms with Crippen molar-refractivity contribution in [2.45, 2.75) is 6.54 Å². The molecule has 0 aliphatic carbocycles. The van der Waals surface area contributed by atoms with Crippen LogP contribution in [0.3, 0.4) is 0 Å². The van der Waals surface area contributed by atoms with Crippen molar-refractivity contribution >= 4 is 17.2 Å². The molecule has 0 unspecified atom stereocenters. The smallest absolute Gasteiger partial charge is 0.288 e. The number of hydrogen-bond acceptors (Lipinski definition) is 5. The van der Waals surface area contributed by atoms with Crippen LogP contribution in [0.15, 0.2) is 23.8 Å². The maximum atomic E-state index is 11.1. The average molecular weight is 223 g/mol. The van der Waals surface area contributed by atoms with E-state index >= 15 is 0 Å². The summed E-state index contributed by atoms with van der Waals surface area (Å²) in [5.41, 5.74) is 2.83. The number of rotatable bonds is 3. The number of carbonyl (C=O) groups excluding carboxylic acids is 1. The third-order valence-corrected chi connectivity index (χ3v) is 2.65. The van der Waals surface area contributed by atoms with Crippen LogP contribution in [0.25, 0.3) is 0 Å². The van der Waals surface area contributed by atoms with E-state index in [0.29, 0.717) is 11.6 Å². The van der Waals surface area contributed by atoms with E-state index in [1.54, 1.807) is 10.9 Å². The first-order valence-corrected chi connectivity index (χ1v) is 5.10. The molecule has 0 saturated carbocycles. The number of nitrogens with zero attached hydrogens (tertiary/aromatic N) is 3. The Morgan fingerprint density at radius 2 is 2.53 bits per heavy atom. The maximum Gasteiger partial charge on any atom is 0.294 e. The average Bonchev–Trinajstić information content (AvgIpc) is 2.88. The highest BCUT2D eigenvalue weighted by Crippen LogP contribution is 2.10. The summed E-state index contributed by atoms with van der Waals surface area (Å²) in [5.74, 6) is 4.63. The quantitative estimate of drug-likeness (QED) is 0.435. The predicted octanol–water partition coefficient (Wildman–Crippen LogP) is -0.00860. The van der Waals surface area contributed by atoms with Crippen LogP contribution >= 0.6 is 11.3 Å². The molecular formula is C8H9N5OS. The molecule has 2 aromatic heterocycles. The summed E-state index contributed by atoms with van der Waals surface area (Å²) in [6, 6.07) is 1.83. The number of hydrogen-bond donors (Lipinski definition) is 2. The summed E-state index contributed by atoms with van der Waals surface area (Å²) in [7, 11) is 0. The lowest BCUT2D eigenvalue weighted by Gasteiger charge is -1.96. The van der Waals surface area contributed by atoms with Crippen molar-refractivity contribution in [3.05, 3.63) is 34.5 Å². The molecule has 15 heavy (non-hydrogen) atoms. The number of thiazole rings is 1. The number of carbonyl (C=O) groups is 1. The predicted molar refractivity (Wildman–Crippen MR) is 55.1 cm³/mol. The number of nitrogens with two attached hydrogens (primary N) is 1. The van der Waals surface area contributed by atoms with Crippen molar-refractivity contribution in [2.24, 2.45) is 5.84 Å². The number of amides is 1. The lowest BCUT2D eigenvalue weighted by atomic mass is 10.5. The van der Waals surface area contributed by atoms with Gasteiger partial charge in [0.05, 0.1) is 12.2 Å². The zero-order valence-corrected chi connectivity index (χ0v) is 8.57. The highest BCUT2D eigenvalue weighted by molar-refractivity contribution is 7.11. The molecule has 7 heteroatoms. The number of nitrogens with one attached hydrogen (secondary N) is 1. The molecule has 1 amide bonds. The fraction of sp³-hybridized carbons (Fsp3) is 0.125. The highest BCUT2D eigenvalue weighted by atomic mass is 32.1. The minimum Gasteiger partial charge on any atom is -0.288 e. The van der Waals surface area contributed by atoms with Gasteiger partial charge in [-0.2, -0.15) is 5.10 Å². The van der Waals surface area contributed by atoms with Crippen molar-refractivity contribution in [3.63, 3.8) is 0 Å². The maximum absolute atomic E-state index is 11.1. The van der Waals surface area contributed by atoms with E-state index in [0.717, 1.165) is 5.69 Å². The normalized spacial score (nSPS) is 10.2. The van der Waals surface area contributed by atoms with Crippen molar-refractivity contribution < 1.29 is 4.79 Å². The molecule has 78 valence electrons. The SMILES string of the molecule is NNC(=O)c1nc(Cn2cccn2)cs1. The summed E-state index contributed by atoms with van der Waals surface area (Å²) in [6.07, 6.45) is 3.53. The van der Waals surface area contributed by atoms with E-state index in [4.69, 9.17) is 5.84 Å². The molecule has 3 N–H and O–H groups in total. The van der Waals surface area contributed by atoms with Crippen LogP contribution in [0.4, 0.5) is 0 Å². The van der Waals surface area contributed by atoms with Gasteiger partial charge in [-0.1, -0.05) is 0 Å². The van der Waals surface area contributed by atoms with Gasteiger partial charge in [0.15, 0.2) is 5.01 Å². The molecule has 2 rings (SSSR count). The Hall–Kier alpha value is -1.73. The first-order chi connectivity index (χ1) is 7.29. The van der Waals surface area contributed by atoms with Crippen molar-refractivity contribution in [1.29, 1.82) is 0 Å². The van der Waals surface area contributed by atoms with E-state index < -0.39 is 0 Å². The molecule has 0 spiro atoms. The van der Waals surface area contributed by atoms with Gasteiger partial charge in [-0.25, -0.2) is 10.8 Å². The van der Waals surface area contributed by atoms with Gasteiger partial charge in [-0.3, -0.25) is 14.9 Å². The van der Waals surface area contributed by atoms with Crippen LogP contribution in [0.1, 0.15) is 15.5 Å². The van der Waals surface area contributed by atoms with Crippen LogP contribution < -0.4 is 11.3 Å². The summed E-state index contributed by atoms with van der Waals surface area (Å²) >= 11 is 1.26. The Kier molecular flexibility index (Phi) is 2.75. The second-order valence-corrected chi connectivity index (χ2v) is 3.68. The molecule has 0 saturated heterocycles. The van der Waals surface area contributed by atoms with Gasteiger partial charge >= 0.3 is 0 Å². The third kappa shape index (κ3) is 2.20. The summed E-state index contributed by atoms with van der Waals surface area (Å²) in [4.78, 5) is 15.2. The van der Waals surface area contributed by atoms with Crippen LogP contribution in [-0.4, -0.2) is 20.7 Å². The first-order valence-electron chi connectivity index (χ1n) is 4.22. The van der Waals surface area contributed by atoms with Crippen LogP contribution in [-0.2, 0) is 6.54 Å². The van der Waals surface area contributed by atoms with Crippen molar-refractivity contribution in [2.75, 3.05) is 0 Å². The molecule has 0 radical (unpaired) electrons. The lowest BCUT2D eigenvalue weighted by molar-refractivity contribution is 0.0953. The first kappa shape index (κ1) is 9.81. The highest BCUT2D eigenvalue weighted by Gasteiger charge is 2.09. The van der Waals surface area contributed by atoms with Gasteiger partial charge in [-0.05, 0) is 6.07 Å². The second kappa shape index (κ2) is 4.20. The molecule has 0 fully saturated rings. The molecular weight excluding hydrogens is 214 g/mol. The Morgan fingerprint density at radius 3 is 3.20 bits per heavy atom. The zero-order valence-electron chi connectivity index (χ0n) is 7.75.